The number of para-hydroxylation sites is 1. The van der Waals surface area contributed by atoms with Crippen LogP contribution < -0.4 is 15.2 Å². The Hall–Kier alpha value is -1.22. The fourth-order valence-corrected chi connectivity index (χ4v) is 2.49. The highest BCUT2D eigenvalue weighted by Crippen LogP contribution is 2.32. The monoisotopic (exact) mass is 293 g/mol. The summed E-state index contributed by atoms with van der Waals surface area (Å²) >= 11 is 0. The molecule has 0 aliphatic carbocycles. The lowest BCUT2D eigenvalue weighted by molar-refractivity contribution is 0.222. The van der Waals surface area contributed by atoms with Crippen LogP contribution in [-0.2, 0) is 6.42 Å². The van der Waals surface area contributed by atoms with Gasteiger partial charge < -0.3 is 15.2 Å². The lowest BCUT2D eigenvalue weighted by Gasteiger charge is -2.20. The molecule has 3 heteroatoms. The van der Waals surface area contributed by atoms with Gasteiger partial charge in [0.05, 0.1) is 13.7 Å². The molecular formula is C18H31NO2. The molecule has 0 amide bonds. The molecule has 0 radical (unpaired) electrons. The van der Waals surface area contributed by atoms with Gasteiger partial charge in [0.15, 0.2) is 11.5 Å². The molecule has 0 aliphatic heterocycles. The molecule has 2 unspecified atom stereocenters. The number of ether oxygens (including phenoxy) is 2. The van der Waals surface area contributed by atoms with Gasteiger partial charge in [-0.2, -0.15) is 0 Å². The first-order valence-electron chi connectivity index (χ1n) is 8.16. The first-order chi connectivity index (χ1) is 10.1. The Balaban J connectivity index is 2.79. The van der Waals surface area contributed by atoms with Crippen LogP contribution in [0.3, 0.4) is 0 Å². The minimum atomic E-state index is 0.113. The Morgan fingerprint density at radius 3 is 2.57 bits per heavy atom. The average Bonchev–Trinajstić information content (AvgIpc) is 2.47. The number of benzene rings is 1. The normalized spacial score (nSPS) is 13.8. The smallest absolute Gasteiger partial charge is 0.164 e. The summed E-state index contributed by atoms with van der Waals surface area (Å²) in [5.74, 6) is 2.28. The molecule has 0 saturated heterocycles. The van der Waals surface area contributed by atoms with Crippen LogP contribution in [0.2, 0.25) is 0 Å². The van der Waals surface area contributed by atoms with Crippen molar-refractivity contribution in [3.8, 4) is 11.5 Å². The summed E-state index contributed by atoms with van der Waals surface area (Å²) in [5.41, 5.74) is 7.07. The highest BCUT2D eigenvalue weighted by Gasteiger charge is 2.14. The van der Waals surface area contributed by atoms with Crippen LogP contribution in [0.1, 0.15) is 52.0 Å². The van der Waals surface area contributed by atoms with Crippen molar-refractivity contribution < 1.29 is 9.47 Å². The Kier molecular flexibility index (Phi) is 8.21. The van der Waals surface area contributed by atoms with Crippen LogP contribution in [0.25, 0.3) is 0 Å². The van der Waals surface area contributed by atoms with Crippen LogP contribution >= 0.6 is 0 Å². The van der Waals surface area contributed by atoms with E-state index < -0.39 is 0 Å². The zero-order chi connectivity index (χ0) is 15.7. The molecule has 0 fully saturated rings. The zero-order valence-corrected chi connectivity index (χ0v) is 14.0. The zero-order valence-electron chi connectivity index (χ0n) is 14.0. The number of nitrogens with two attached hydrogens (primary N) is 1. The van der Waals surface area contributed by atoms with E-state index in [1.165, 1.54) is 19.3 Å². The van der Waals surface area contributed by atoms with Crippen molar-refractivity contribution in [2.45, 2.75) is 58.9 Å². The first kappa shape index (κ1) is 17.8. The van der Waals surface area contributed by atoms with Crippen molar-refractivity contribution in [2.24, 2.45) is 11.7 Å². The number of hydrogen-bond acceptors (Lipinski definition) is 3. The van der Waals surface area contributed by atoms with Gasteiger partial charge in [-0.15, -0.1) is 0 Å². The van der Waals surface area contributed by atoms with Crippen LogP contribution in [0.15, 0.2) is 18.2 Å². The van der Waals surface area contributed by atoms with E-state index in [4.69, 9.17) is 15.2 Å². The Morgan fingerprint density at radius 2 is 2.00 bits per heavy atom. The minimum Gasteiger partial charge on any atom is -0.493 e. The van der Waals surface area contributed by atoms with E-state index in [0.717, 1.165) is 36.5 Å². The summed E-state index contributed by atoms with van der Waals surface area (Å²) in [4.78, 5) is 0. The van der Waals surface area contributed by atoms with Gasteiger partial charge in [0.25, 0.3) is 0 Å². The first-order valence-corrected chi connectivity index (χ1v) is 8.16. The molecule has 0 spiro atoms. The van der Waals surface area contributed by atoms with Gasteiger partial charge in [-0.1, -0.05) is 45.2 Å². The number of rotatable bonds is 10. The summed E-state index contributed by atoms with van der Waals surface area (Å²) in [6.07, 6.45) is 5.68. The van der Waals surface area contributed by atoms with E-state index in [1.54, 1.807) is 7.11 Å². The second-order valence-electron chi connectivity index (χ2n) is 5.86. The highest BCUT2D eigenvalue weighted by molar-refractivity contribution is 5.47. The van der Waals surface area contributed by atoms with Crippen LogP contribution in [0.4, 0.5) is 0 Å². The molecule has 2 atom stereocenters. The molecular weight excluding hydrogens is 262 g/mol. The quantitative estimate of drug-likeness (QED) is 0.704. The topological polar surface area (TPSA) is 44.5 Å². The number of hydrogen-bond donors (Lipinski definition) is 1. The number of unbranched alkanes of at least 4 members (excludes halogenated alkanes) is 1. The summed E-state index contributed by atoms with van der Waals surface area (Å²) in [7, 11) is 1.69. The maximum absolute atomic E-state index is 6.13. The van der Waals surface area contributed by atoms with Crippen LogP contribution in [-0.4, -0.2) is 19.8 Å². The molecule has 1 rings (SSSR count). The summed E-state index contributed by atoms with van der Waals surface area (Å²) in [6.45, 7) is 7.23. The van der Waals surface area contributed by atoms with E-state index in [0.29, 0.717) is 5.92 Å². The van der Waals surface area contributed by atoms with E-state index in [-0.39, 0.29) is 6.04 Å². The molecule has 0 saturated carbocycles. The van der Waals surface area contributed by atoms with Gasteiger partial charge in [-0.3, -0.25) is 0 Å². The second kappa shape index (κ2) is 9.67. The number of methoxy groups -OCH3 is 1. The maximum atomic E-state index is 6.13. The molecule has 3 nitrogen and oxygen atoms in total. The Bertz CT molecular complexity index is 404. The van der Waals surface area contributed by atoms with Crippen molar-refractivity contribution in [1.82, 2.24) is 0 Å². The molecule has 0 aliphatic rings. The fraction of sp³-hybridized carbons (Fsp3) is 0.667. The molecule has 120 valence electrons. The average molecular weight is 293 g/mol. The molecule has 21 heavy (non-hydrogen) atoms. The van der Waals surface area contributed by atoms with Gasteiger partial charge in [-0.25, -0.2) is 0 Å². The van der Waals surface area contributed by atoms with Gasteiger partial charge in [-0.05, 0) is 37.3 Å². The fourth-order valence-electron chi connectivity index (χ4n) is 2.49. The summed E-state index contributed by atoms with van der Waals surface area (Å²) in [6, 6.07) is 6.14. The van der Waals surface area contributed by atoms with E-state index in [2.05, 4.69) is 19.9 Å². The van der Waals surface area contributed by atoms with Crippen molar-refractivity contribution in [3.63, 3.8) is 0 Å². The largest absolute Gasteiger partial charge is 0.493 e. The van der Waals surface area contributed by atoms with Gasteiger partial charge in [0.1, 0.15) is 0 Å². The van der Waals surface area contributed by atoms with E-state index in [9.17, 15) is 0 Å². The lowest BCUT2D eigenvalue weighted by atomic mass is 10.0. The predicted octanol–water partition coefficient (Wildman–Crippen LogP) is 4.18. The summed E-state index contributed by atoms with van der Waals surface area (Å²) in [5, 5.41) is 0. The molecule has 0 aromatic heterocycles. The van der Waals surface area contributed by atoms with Crippen molar-refractivity contribution >= 4 is 0 Å². The van der Waals surface area contributed by atoms with Gasteiger partial charge >= 0.3 is 0 Å². The molecule has 0 heterocycles. The van der Waals surface area contributed by atoms with Crippen molar-refractivity contribution in [2.75, 3.05) is 13.7 Å². The SMILES string of the molecule is CCCCC(CC)COc1c(CC(C)N)cccc1OC. The summed E-state index contributed by atoms with van der Waals surface area (Å²) < 4.78 is 11.6. The van der Waals surface area contributed by atoms with Gasteiger partial charge in [0.2, 0.25) is 0 Å². The predicted molar refractivity (Wildman–Crippen MR) is 89.1 cm³/mol. The highest BCUT2D eigenvalue weighted by atomic mass is 16.5. The molecule has 1 aromatic rings. The Labute approximate surface area is 129 Å². The van der Waals surface area contributed by atoms with E-state index >= 15 is 0 Å². The van der Waals surface area contributed by atoms with E-state index in [1.807, 2.05) is 19.1 Å². The third-order valence-corrected chi connectivity index (χ3v) is 3.83. The molecule has 2 N–H and O–H groups in total. The van der Waals surface area contributed by atoms with Crippen molar-refractivity contribution in [1.29, 1.82) is 0 Å². The molecule has 1 aromatic carbocycles. The van der Waals surface area contributed by atoms with Gasteiger partial charge in [0, 0.05) is 6.04 Å². The third-order valence-electron chi connectivity index (χ3n) is 3.83. The van der Waals surface area contributed by atoms with Crippen LogP contribution in [0.5, 0.6) is 11.5 Å². The molecule has 0 bridgehead atoms. The van der Waals surface area contributed by atoms with Crippen LogP contribution in [0, 0.1) is 5.92 Å². The Morgan fingerprint density at radius 1 is 1.24 bits per heavy atom. The third kappa shape index (κ3) is 5.96. The second-order valence-corrected chi connectivity index (χ2v) is 5.86. The standard InChI is InChI=1S/C18H31NO2/c1-5-7-9-15(6-2)13-21-18-16(12-14(3)19)10-8-11-17(18)20-4/h8,10-11,14-15H,5-7,9,12-13,19H2,1-4H3. The van der Waals surface area contributed by atoms with Crippen molar-refractivity contribution in [3.05, 3.63) is 23.8 Å². The lowest BCUT2D eigenvalue weighted by Crippen LogP contribution is -2.19. The minimum absolute atomic E-state index is 0.113. The maximum Gasteiger partial charge on any atom is 0.164 e.